The Morgan fingerprint density at radius 3 is 3.00 bits per heavy atom. The van der Waals surface area contributed by atoms with Gasteiger partial charge in [0.25, 0.3) is 0 Å². The van der Waals surface area contributed by atoms with Crippen LogP contribution >= 0.6 is 0 Å². The van der Waals surface area contributed by atoms with E-state index in [0.717, 1.165) is 0 Å². The average molecular weight is 209 g/mol. The Morgan fingerprint density at radius 1 is 1.80 bits per heavy atom. The molecule has 1 saturated carbocycles. The number of carbonyl (C=O) groups is 1. The Bertz CT molecular complexity index is 382. The van der Waals surface area contributed by atoms with Gasteiger partial charge in [0, 0.05) is 18.7 Å². The van der Waals surface area contributed by atoms with Gasteiger partial charge in [-0.05, 0) is 18.9 Å². The van der Waals surface area contributed by atoms with Gasteiger partial charge in [0.2, 0.25) is 0 Å². The van der Waals surface area contributed by atoms with Gasteiger partial charge in [0.05, 0.1) is 18.2 Å². The van der Waals surface area contributed by atoms with E-state index in [0.29, 0.717) is 11.6 Å². The van der Waals surface area contributed by atoms with E-state index in [4.69, 9.17) is 10.8 Å². The van der Waals surface area contributed by atoms with Gasteiger partial charge in [-0.1, -0.05) is 0 Å². The molecule has 0 amide bonds. The van der Waals surface area contributed by atoms with Crippen molar-refractivity contribution in [3.63, 3.8) is 0 Å². The van der Waals surface area contributed by atoms with Crippen molar-refractivity contribution in [2.24, 2.45) is 12.8 Å². The first-order valence-corrected chi connectivity index (χ1v) is 5.09. The van der Waals surface area contributed by atoms with E-state index < -0.39 is 12.0 Å². The zero-order chi connectivity index (χ0) is 11.0. The molecular formula is C10H15N3O2. The minimum atomic E-state index is -0.888. The van der Waals surface area contributed by atoms with Crippen LogP contribution < -0.4 is 5.73 Å². The largest absolute Gasteiger partial charge is 0.481 e. The van der Waals surface area contributed by atoms with Gasteiger partial charge in [-0.3, -0.25) is 9.48 Å². The van der Waals surface area contributed by atoms with Gasteiger partial charge < -0.3 is 10.8 Å². The van der Waals surface area contributed by atoms with E-state index in [1.54, 1.807) is 0 Å². The summed E-state index contributed by atoms with van der Waals surface area (Å²) >= 11 is 0. The molecule has 0 aliphatic heterocycles. The zero-order valence-electron chi connectivity index (χ0n) is 8.68. The Morgan fingerprint density at radius 2 is 2.47 bits per heavy atom. The molecule has 0 aromatic carbocycles. The summed E-state index contributed by atoms with van der Waals surface area (Å²) in [6.07, 6.45) is 2.33. The van der Waals surface area contributed by atoms with Gasteiger partial charge in [-0.15, -0.1) is 0 Å². The van der Waals surface area contributed by atoms with E-state index in [9.17, 15) is 4.79 Å². The number of rotatable bonds is 4. The Balaban J connectivity index is 2.14. The molecule has 1 aliphatic carbocycles. The summed E-state index contributed by atoms with van der Waals surface area (Å²) in [6, 6.07) is 1.44. The number of carboxylic acids is 1. The maximum Gasteiger partial charge on any atom is 0.305 e. The lowest BCUT2D eigenvalue weighted by Gasteiger charge is -2.03. The van der Waals surface area contributed by atoms with Crippen molar-refractivity contribution in [1.29, 1.82) is 0 Å². The van der Waals surface area contributed by atoms with Crippen LogP contribution in [0.5, 0.6) is 0 Å². The standard InChI is InChI=1S/C10H15N3O2/c1-13-9(6-2-3-6)5-8(12-13)7(11)4-10(14)15/h5-7H,2-4,11H2,1H3,(H,14,15). The maximum absolute atomic E-state index is 10.5. The van der Waals surface area contributed by atoms with E-state index in [-0.39, 0.29) is 6.42 Å². The van der Waals surface area contributed by atoms with Crippen LogP contribution in [0.2, 0.25) is 0 Å². The quantitative estimate of drug-likeness (QED) is 0.767. The lowest BCUT2D eigenvalue weighted by Crippen LogP contribution is -2.15. The summed E-state index contributed by atoms with van der Waals surface area (Å²) in [5.74, 6) is -0.283. The van der Waals surface area contributed by atoms with E-state index >= 15 is 0 Å². The van der Waals surface area contributed by atoms with Crippen molar-refractivity contribution < 1.29 is 9.90 Å². The lowest BCUT2D eigenvalue weighted by molar-refractivity contribution is -0.137. The number of aryl methyl sites for hydroxylation is 1. The third kappa shape index (κ3) is 2.18. The summed E-state index contributed by atoms with van der Waals surface area (Å²) in [5, 5.41) is 12.9. The summed E-state index contributed by atoms with van der Waals surface area (Å²) in [5.41, 5.74) is 7.60. The van der Waals surface area contributed by atoms with Gasteiger partial charge >= 0.3 is 5.97 Å². The Kier molecular flexibility index (Phi) is 2.48. The summed E-state index contributed by atoms with van der Waals surface area (Å²) in [7, 11) is 1.88. The average Bonchev–Trinajstić information content (AvgIpc) is 2.89. The highest BCUT2D eigenvalue weighted by Gasteiger charge is 2.28. The van der Waals surface area contributed by atoms with Crippen molar-refractivity contribution in [3.05, 3.63) is 17.5 Å². The molecule has 3 N–H and O–H groups in total. The molecule has 1 atom stereocenters. The molecule has 0 saturated heterocycles. The maximum atomic E-state index is 10.5. The van der Waals surface area contributed by atoms with E-state index in [1.165, 1.54) is 18.5 Å². The fourth-order valence-corrected chi connectivity index (χ4v) is 1.74. The van der Waals surface area contributed by atoms with E-state index in [1.807, 2.05) is 17.8 Å². The Hall–Kier alpha value is -1.36. The van der Waals surface area contributed by atoms with Crippen molar-refractivity contribution in [1.82, 2.24) is 9.78 Å². The molecule has 82 valence electrons. The van der Waals surface area contributed by atoms with Crippen molar-refractivity contribution >= 4 is 5.97 Å². The molecular weight excluding hydrogens is 194 g/mol. The molecule has 5 nitrogen and oxygen atoms in total. The van der Waals surface area contributed by atoms with Gasteiger partial charge in [0.1, 0.15) is 0 Å². The smallest absolute Gasteiger partial charge is 0.305 e. The first kappa shape index (κ1) is 10.2. The Labute approximate surface area is 87.9 Å². The second-order valence-corrected chi connectivity index (χ2v) is 4.10. The zero-order valence-corrected chi connectivity index (χ0v) is 8.68. The second-order valence-electron chi connectivity index (χ2n) is 4.10. The van der Waals surface area contributed by atoms with Gasteiger partial charge in [-0.25, -0.2) is 0 Å². The summed E-state index contributed by atoms with van der Waals surface area (Å²) < 4.78 is 1.81. The molecule has 0 bridgehead atoms. The molecule has 5 heteroatoms. The van der Waals surface area contributed by atoms with Crippen LogP contribution in [0.4, 0.5) is 0 Å². The van der Waals surface area contributed by atoms with Crippen LogP contribution in [0.25, 0.3) is 0 Å². The number of hydrogen-bond donors (Lipinski definition) is 2. The first-order chi connectivity index (χ1) is 7.08. The highest BCUT2D eigenvalue weighted by atomic mass is 16.4. The van der Waals surface area contributed by atoms with Crippen molar-refractivity contribution in [2.75, 3.05) is 0 Å². The first-order valence-electron chi connectivity index (χ1n) is 5.09. The molecule has 1 aromatic heterocycles. The summed E-state index contributed by atoms with van der Waals surface area (Å²) in [6.45, 7) is 0. The van der Waals surface area contributed by atoms with Crippen LogP contribution in [-0.2, 0) is 11.8 Å². The molecule has 2 rings (SSSR count). The van der Waals surface area contributed by atoms with Crippen LogP contribution in [0.15, 0.2) is 6.07 Å². The highest BCUT2D eigenvalue weighted by Crippen LogP contribution is 2.40. The number of nitrogens with two attached hydrogens (primary N) is 1. The second kappa shape index (κ2) is 3.66. The molecule has 1 aliphatic rings. The van der Waals surface area contributed by atoms with Crippen LogP contribution in [0.1, 0.15) is 42.6 Å². The predicted molar refractivity (Wildman–Crippen MR) is 54.4 cm³/mol. The number of aliphatic carboxylic acids is 1. The number of hydrogen-bond acceptors (Lipinski definition) is 3. The van der Waals surface area contributed by atoms with Crippen LogP contribution in [0.3, 0.4) is 0 Å². The van der Waals surface area contributed by atoms with Crippen molar-refractivity contribution in [3.8, 4) is 0 Å². The van der Waals surface area contributed by atoms with Crippen molar-refractivity contribution in [2.45, 2.75) is 31.2 Å². The monoisotopic (exact) mass is 209 g/mol. The number of carboxylic acid groups (broad SMARTS) is 1. The lowest BCUT2D eigenvalue weighted by atomic mass is 10.1. The molecule has 1 heterocycles. The molecule has 0 radical (unpaired) electrons. The third-order valence-corrected chi connectivity index (χ3v) is 2.70. The topological polar surface area (TPSA) is 81.1 Å². The van der Waals surface area contributed by atoms with Crippen LogP contribution in [0, 0.1) is 0 Å². The van der Waals surface area contributed by atoms with E-state index in [2.05, 4.69) is 5.10 Å². The molecule has 1 unspecified atom stereocenters. The fourth-order valence-electron chi connectivity index (χ4n) is 1.74. The third-order valence-electron chi connectivity index (χ3n) is 2.70. The molecule has 1 aromatic rings. The molecule has 1 fully saturated rings. The molecule has 15 heavy (non-hydrogen) atoms. The highest BCUT2D eigenvalue weighted by molar-refractivity contribution is 5.67. The fraction of sp³-hybridized carbons (Fsp3) is 0.600. The number of nitrogens with zero attached hydrogens (tertiary/aromatic N) is 2. The normalized spacial score (nSPS) is 17.7. The SMILES string of the molecule is Cn1nc(C(N)CC(=O)O)cc1C1CC1. The minimum Gasteiger partial charge on any atom is -0.481 e. The molecule has 0 spiro atoms. The van der Waals surface area contributed by atoms with Gasteiger partial charge in [0.15, 0.2) is 0 Å². The predicted octanol–water partition coefficient (Wildman–Crippen LogP) is 0.772. The summed E-state index contributed by atoms with van der Waals surface area (Å²) in [4.78, 5) is 10.5. The van der Waals surface area contributed by atoms with Crippen LogP contribution in [-0.4, -0.2) is 20.9 Å². The minimum absolute atomic E-state index is 0.0683. The van der Waals surface area contributed by atoms with Gasteiger partial charge in [-0.2, -0.15) is 5.10 Å². The number of aromatic nitrogens is 2.